The van der Waals surface area contributed by atoms with Gasteiger partial charge in [-0.2, -0.15) is 0 Å². The highest BCUT2D eigenvalue weighted by Crippen LogP contribution is 2.62. The van der Waals surface area contributed by atoms with Crippen LogP contribution in [0.5, 0.6) is 0 Å². The lowest BCUT2D eigenvalue weighted by atomic mass is 9.47. The Balaban J connectivity index is 2.49. The minimum absolute atomic E-state index is 0.00139. The number of aliphatic carboxylic acids is 2. The molecule has 0 amide bonds. The van der Waals surface area contributed by atoms with Crippen molar-refractivity contribution in [1.82, 2.24) is 0 Å². The highest BCUT2D eigenvalue weighted by Gasteiger charge is 2.62. The Morgan fingerprint density at radius 1 is 1.20 bits per heavy atom. The number of hydrogen-bond acceptors (Lipinski definition) is 3. The lowest BCUT2D eigenvalue weighted by Crippen LogP contribution is -2.62. The first-order valence-electron chi connectivity index (χ1n) is 9.10. The molecule has 0 spiro atoms. The second kappa shape index (κ2) is 6.11. The molecule has 5 heteroatoms. The van der Waals surface area contributed by atoms with Crippen molar-refractivity contribution in [3.8, 4) is 0 Å². The molecule has 142 valence electrons. The second-order valence-corrected chi connectivity index (χ2v) is 9.22. The quantitative estimate of drug-likeness (QED) is 0.727. The summed E-state index contributed by atoms with van der Waals surface area (Å²) in [7, 11) is 0. The molecule has 0 aromatic heterocycles. The largest absolute Gasteiger partial charge is 0.481 e. The SMILES string of the molecule is C=C[C@@]1(C)CC[C@H]2[C@@](C)(CC(=O)O)[C@H](C(C)(C)C(=O)O)CC[C@@]2(C)O1. The van der Waals surface area contributed by atoms with Gasteiger partial charge in [-0.05, 0) is 70.6 Å². The molecule has 0 radical (unpaired) electrons. The summed E-state index contributed by atoms with van der Waals surface area (Å²) in [6.45, 7) is 13.4. The first-order chi connectivity index (χ1) is 11.3. The third-order valence-corrected chi connectivity index (χ3v) is 7.04. The summed E-state index contributed by atoms with van der Waals surface area (Å²) >= 11 is 0. The van der Waals surface area contributed by atoms with E-state index in [0.29, 0.717) is 6.42 Å². The maximum atomic E-state index is 11.9. The fourth-order valence-corrected chi connectivity index (χ4v) is 5.70. The Kier molecular flexibility index (Phi) is 4.88. The molecule has 0 aromatic rings. The van der Waals surface area contributed by atoms with Crippen molar-refractivity contribution < 1.29 is 24.5 Å². The van der Waals surface area contributed by atoms with E-state index in [1.54, 1.807) is 13.8 Å². The zero-order valence-corrected chi connectivity index (χ0v) is 16.1. The third-order valence-electron chi connectivity index (χ3n) is 7.04. The molecule has 5 nitrogen and oxygen atoms in total. The van der Waals surface area contributed by atoms with Crippen molar-refractivity contribution in [3.63, 3.8) is 0 Å². The number of carboxylic acids is 2. The van der Waals surface area contributed by atoms with Crippen LogP contribution in [-0.4, -0.2) is 33.4 Å². The second-order valence-electron chi connectivity index (χ2n) is 9.22. The maximum absolute atomic E-state index is 11.9. The van der Waals surface area contributed by atoms with Crippen LogP contribution in [0, 0.1) is 22.7 Å². The number of carboxylic acid groups (broad SMARTS) is 2. The van der Waals surface area contributed by atoms with E-state index >= 15 is 0 Å². The predicted octanol–water partition coefficient (Wildman–Crippen LogP) is 4.12. The van der Waals surface area contributed by atoms with Gasteiger partial charge in [-0.15, -0.1) is 6.58 Å². The van der Waals surface area contributed by atoms with Gasteiger partial charge in [-0.25, -0.2) is 0 Å². The van der Waals surface area contributed by atoms with E-state index in [0.717, 1.165) is 19.3 Å². The summed E-state index contributed by atoms with van der Waals surface area (Å²) < 4.78 is 6.45. The molecular formula is C20H32O5. The Bertz CT molecular complexity index is 583. The van der Waals surface area contributed by atoms with Gasteiger partial charge in [0.2, 0.25) is 0 Å². The van der Waals surface area contributed by atoms with Gasteiger partial charge in [0.25, 0.3) is 0 Å². The topological polar surface area (TPSA) is 83.8 Å². The van der Waals surface area contributed by atoms with Crippen molar-refractivity contribution in [1.29, 1.82) is 0 Å². The standard InChI is InChI=1S/C20H32O5/c1-7-18(4)10-8-14-19(5,12-15(21)22)13(17(2,3)16(23)24)9-11-20(14,6)25-18/h7,13-14H,1,8-12H2,2-6H3,(H,21,22)(H,23,24)/t13-,14-,18-,19-,20+/m0/s1. The molecule has 2 fully saturated rings. The molecule has 1 aliphatic carbocycles. The highest BCUT2D eigenvalue weighted by molar-refractivity contribution is 5.75. The highest BCUT2D eigenvalue weighted by atomic mass is 16.5. The molecule has 2 aliphatic rings. The van der Waals surface area contributed by atoms with Gasteiger partial charge in [0, 0.05) is 0 Å². The number of hydrogen-bond donors (Lipinski definition) is 2. The summed E-state index contributed by atoms with van der Waals surface area (Å²) in [5.41, 5.74) is -2.49. The van der Waals surface area contributed by atoms with Crippen molar-refractivity contribution in [2.24, 2.45) is 22.7 Å². The molecule has 2 N–H and O–H groups in total. The van der Waals surface area contributed by atoms with E-state index in [-0.39, 0.29) is 18.3 Å². The van der Waals surface area contributed by atoms with Crippen molar-refractivity contribution in [3.05, 3.63) is 12.7 Å². The summed E-state index contributed by atoms with van der Waals surface area (Å²) in [6, 6.07) is 0. The Hall–Kier alpha value is -1.36. The van der Waals surface area contributed by atoms with Crippen molar-refractivity contribution in [2.45, 2.75) is 77.9 Å². The average molecular weight is 352 g/mol. The lowest BCUT2D eigenvalue weighted by molar-refractivity contribution is -0.247. The van der Waals surface area contributed by atoms with Gasteiger partial charge >= 0.3 is 11.9 Å². The van der Waals surface area contributed by atoms with Crippen LogP contribution < -0.4 is 0 Å². The Labute approximate surface area is 150 Å². The predicted molar refractivity (Wildman–Crippen MR) is 95.3 cm³/mol. The normalized spacial score (nSPS) is 41.6. The number of rotatable bonds is 5. The number of fused-ring (bicyclic) bond motifs is 1. The van der Waals surface area contributed by atoms with Crippen molar-refractivity contribution >= 4 is 11.9 Å². The van der Waals surface area contributed by atoms with E-state index in [4.69, 9.17) is 4.74 Å². The molecule has 0 bridgehead atoms. The summed E-state index contributed by atoms with van der Waals surface area (Å²) in [4.78, 5) is 23.6. The molecule has 25 heavy (non-hydrogen) atoms. The number of carbonyl (C=O) groups is 2. The molecule has 5 atom stereocenters. The van der Waals surface area contributed by atoms with Gasteiger partial charge in [0.15, 0.2) is 0 Å². The monoisotopic (exact) mass is 352 g/mol. The molecule has 1 saturated heterocycles. The maximum Gasteiger partial charge on any atom is 0.309 e. The lowest BCUT2D eigenvalue weighted by Gasteiger charge is -2.62. The van der Waals surface area contributed by atoms with E-state index < -0.39 is 34.0 Å². The summed E-state index contributed by atoms with van der Waals surface area (Å²) in [5, 5.41) is 19.3. The zero-order chi connectivity index (χ0) is 19.3. The Morgan fingerprint density at radius 3 is 2.28 bits per heavy atom. The molecular weight excluding hydrogens is 320 g/mol. The minimum Gasteiger partial charge on any atom is -0.481 e. The first kappa shape index (κ1) is 20.0. The minimum atomic E-state index is -0.981. The van der Waals surface area contributed by atoms with E-state index in [1.807, 2.05) is 19.9 Å². The molecule has 2 rings (SSSR count). The summed E-state index contributed by atoms with van der Waals surface area (Å²) in [6.07, 6.45) is 4.75. The van der Waals surface area contributed by atoms with Gasteiger partial charge in [0.05, 0.1) is 23.0 Å². The molecule has 0 aromatic carbocycles. The van der Waals surface area contributed by atoms with Crippen LogP contribution in [0.15, 0.2) is 12.7 Å². The smallest absolute Gasteiger partial charge is 0.309 e. The summed E-state index contributed by atoms with van der Waals surface area (Å²) in [5.74, 6) is -1.97. The van der Waals surface area contributed by atoms with Crippen LogP contribution >= 0.6 is 0 Å². The van der Waals surface area contributed by atoms with E-state index in [9.17, 15) is 19.8 Å². The fraction of sp³-hybridized carbons (Fsp3) is 0.800. The third kappa shape index (κ3) is 3.23. The van der Waals surface area contributed by atoms with E-state index in [2.05, 4.69) is 13.5 Å². The van der Waals surface area contributed by atoms with Crippen LogP contribution in [0.1, 0.15) is 66.7 Å². The molecule has 1 saturated carbocycles. The van der Waals surface area contributed by atoms with Gasteiger partial charge in [-0.3, -0.25) is 9.59 Å². The van der Waals surface area contributed by atoms with Crippen molar-refractivity contribution in [2.75, 3.05) is 0 Å². The Morgan fingerprint density at radius 2 is 1.80 bits per heavy atom. The fourth-order valence-electron chi connectivity index (χ4n) is 5.70. The van der Waals surface area contributed by atoms with Gasteiger partial charge in [0.1, 0.15) is 0 Å². The molecule has 1 aliphatic heterocycles. The van der Waals surface area contributed by atoms with Crippen LogP contribution in [0.4, 0.5) is 0 Å². The van der Waals surface area contributed by atoms with Crippen LogP contribution in [-0.2, 0) is 14.3 Å². The van der Waals surface area contributed by atoms with Gasteiger partial charge in [-0.1, -0.05) is 13.0 Å². The van der Waals surface area contributed by atoms with Gasteiger partial charge < -0.3 is 14.9 Å². The zero-order valence-electron chi connectivity index (χ0n) is 16.1. The van der Waals surface area contributed by atoms with Crippen LogP contribution in [0.3, 0.4) is 0 Å². The van der Waals surface area contributed by atoms with E-state index in [1.165, 1.54) is 0 Å². The molecule has 1 heterocycles. The average Bonchev–Trinajstić information content (AvgIpc) is 2.44. The first-order valence-corrected chi connectivity index (χ1v) is 9.10. The van der Waals surface area contributed by atoms with Crippen LogP contribution in [0.2, 0.25) is 0 Å². The number of ether oxygens (including phenoxy) is 1. The van der Waals surface area contributed by atoms with Crippen LogP contribution in [0.25, 0.3) is 0 Å². The molecule has 0 unspecified atom stereocenters.